The number of nitrogen functional groups attached to an aromatic ring is 1. The molecule has 0 bridgehead atoms. The quantitative estimate of drug-likeness (QED) is 0.668. The van der Waals surface area contributed by atoms with Crippen LogP contribution < -0.4 is 15.2 Å². The summed E-state index contributed by atoms with van der Waals surface area (Å²) in [6.45, 7) is 9.20. The van der Waals surface area contributed by atoms with Gasteiger partial charge in [0.05, 0.1) is 5.69 Å². The van der Waals surface area contributed by atoms with Crippen molar-refractivity contribution in [3.8, 4) is 11.5 Å². The first kappa shape index (κ1) is 15.2. The van der Waals surface area contributed by atoms with Gasteiger partial charge in [0.25, 0.3) is 0 Å². The zero-order valence-electron chi connectivity index (χ0n) is 13.2. The van der Waals surface area contributed by atoms with Crippen molar-refractivity contribution in [2.45, 2.75) is 27.7 Å². The highest BCUT2D eigenvalue weighted by Gasteiger charge is 2.06. The summed E-state index contributed by atoms with van der Waals surface area (Å²) in [7, 11) is 0. The van der Waals surface area contributed by atoms with Gasteiger partial charge in [0.15, 0.2) is 0 Å². The highest BCUT2D eigenvalue weighted by Crippen LogP contribution is 2.26. The minimum atomic E-state index is 0.472. The zero-order valence-corrected chi connectivity index (χ0v) is 13.2. The lowest BCUT2D eigenvalue weighted by Gasteiger charge is -2.15. The van der Waals surface area contributed by atoms with Crippen LogP contribution in [0.1, 0.15) is 22.3 Å². The Hall–Kier alpha value is -2.16. The highest BCUT2D eigenvalue weighted by molar-refractivity contribution is 5.54. The fraction of sp³-hybridized carbons (Fsp3) is 0.333. The van der Waals surface area contributed by atoms with Crippen molar-refractivity contribution in [1.29, 1.82) is 0 Å². The van der Waals surface area contributed by atoms with Gasteiger partial charge in [-0.2, -0.15) is 0 Å². The average molecular weight is 285 g/mol. The molecule has 0 unspecified atom stereocenters. The third kappa shape index (κ3) is 3.69. The molecule has 2 aromatic carbocycles. The van der Waals surface area contributed by atoms with Crippen LogP contribution in [0.4, 0.5) is 5.69 Å². The van der Waals surface area contributed by atoms with Crippen LogP contribution in [0, 0.1) is 27.7 Å². The molecule has 0 aromatic heterocycles. The first-order valence-electron chi connectivity index (χ1n) is 7.17. The van der Waals surface area contributed by atoms with Crippen LogP contribution in [0.3, 0.4) is 0 Å². The predicted octanol–water partition coefficient (Wildman–Crippen LogP) is 3.96. The molecule has 2 N–H and O–H groups in total. The summed E-state index contributed by atoms with van der Waals surface area (Å²) in [6, 6.07) is 9.98. The number of aryl methyl sites for hydroxylation is 3. The maximum atomic E-state index is 5.92. The Balaban J connectivity index is 1.92. The topological polar surface area (TPSA) is 44.5 Å². The summed E-state index contributed by atoms with van der Waals surface area (Å²) < 4.78 is 11.5. The second-order valence-corrected chi connectivity index (χ2v) is 5.39. The SMILES string of the molecule is Cc1ccc(OCCOc2c(C)ccc(C)c2C)c(N)c1. The van der Waals surface area contributed by atoms with E-state index in [1.165, 1.54) is 11.1 Å². The standard InChI is InChI=1S/C18H23NO2/c1-12-5-8-17(16(19)11-12)20-9-10-21-18-14(3)7-6-13(2)15(18)4/h5-8,11H,9-10,19H2,1-4H3. The molecule has 3 nitrogen and oxygen atoms in total. The molecule has 0 radical (unpaired) electrons. The number of hydrogen-bond acceptors (Lipinski definition) is 3. The van der Waals surface area contributed by atoms with Crippen molar-refractivity contribution >= 4 is 5.69 Å². The normalized spacial score (nSPS) is 10.5. The molecule has 21 heavy (non-hydrogen) atoms. The van der Waals surface area contributed by atoms with E-state index < -0.39 is 0 Å². The highest BCUT2D eigenvalue weighted by atomic mass is 16.5. The number of nitrogens with two attached hydrogens (primary N) is 1. The molecular formula is C18H23NO2. The maximum Gasteiger partial charge on any atom is 0.142 e. The summed E-state index contributed by atoms with van der Waals surface area (Å²) in [5.41, 5.74) is 11.3. The monoisotopic (exact) mass is 285 g/mol. The number of benzene rings is 2. The van der Waals surface area contributed by atoms with Gasteiger partial charge >= 0.3 is 0 Å². The number of rotatable bonds is 5. The van der Waals surface area contributed by atoms with Gasteiger partial charge in [0.1, 0.15) is 24.7 Å². The molecule has 0 saturated carbocycles. The summed E-state index contributed by atoms with van der Waals surface area (Å²) in [5, 5.41) is 0. The molecule has 0 fully saturated rings. The van der Waals surface area contributed by atoms with E-state index in [0.717, 1.165) is 16.9 Å². The van der Waals surface area contributed by atoms with Crippen molar-refractivity contribution in [1.82, 2.24) is 0 Å². The second-order valence-electron chi connectivity index (χ2n) is 5.39. The van der Waals surface area contributed by atoms with Crippen molar-refractivity contribution in [2.75, 3.05) is 18.9 Å². The van der Waals surface area contributed by atoms with Crippen LogP contribution in [0.5, 0.6) is 11.5 Å². The van der Waals surface area contributed by atoms with E-state index in [1.54, 1.807) is 0 Å². The van der Waals surface area contributed by atoms with Crippen LogP contribution in [-0.4, -0.2) is 13.2 Å². The fourth-order valence-corrected chi connectivity index (χ4v) is 2.24. The van der Waals surface area contributed by atoms with Crippen LogP contribution in [0.25, 0.3) is 0 Å². The van der Waals surface area contributed by atoms with Gasteiger partial charge in [0, 0.05) is 0 Å². The molecule has 2 rings (SSSR count). The van der Waals surface area contributed by atoms with Crippen LogP contribution in [0.2, 0.25) is 0 Å². The van der Waals surface area contributed by atoms with Crippen molar-refractivity contribution < 1.29 is 9.47 Å². The number of anilines is 1. The van der Waals surface area contributed by atoms with Gasteiger partial charge < -0.3 is 15.2 Å². The van der Waals surface area contributed by atoms with Crippen LogP contribution >= 0.6 is 0 Å². The minimum absolute atomic E-state index is 0.472. The van der Waals surface area contributed by atoms with E-state index in [9.17, 15) is 0 Å². The maximum absolute atomic E-state index is 5.92. The first-order valence-corrected chi connectivity index (χ1v) is 7.17. The smallest absolute Gasteiger partial charge is 0.142 e. The molecule has 0 heterocycles. The van der Waals surface area contributed by atoms with Gasteiger partial charge in [-0.15, -0.1) is 0 Å². The summed E-state index contributed by atoms with van der Waals surface area (Å²) in [4.78, 5) is 0. The zero-order chi connectivity index (χ0) is 15.4. The van der Waals surface area contributed by atoms with Crippen molar-refractivity contribution in [3.63, 3.8) is 0 Å². The molecule has 2 aromatic rings. The average Bonchev–Trinajstić information content (AvgIpc) is 2.44. The molecule has 0 aliphatic rings. The molecule has 3 heteroatoms. The molecule has 0 aliphatic heterocycles. The number of ether oxygens (including phenoxy) is 2. The fourth-order valence-electron chi connectivity index (χ4n) is 2.24. The minimum Gasteiger partial charge on any atom is -0.489 e. The van der Waals surface area contributed by atoms with Crippen molar-refractivity contribution in [3.05, 3.63) is 52.6 Å². The Morgan fingerprint density at radius 1 is 0.857 bits per heavy atom. The Kier molecular flexibility index (Phi) is 4.73. The lowest BCUT2D eigenvalue weighted by atomic mass is 10.1. The van der Waals surface area contributed by atoms with E-state index in [2.05, 4.69) is 32.9 Å². The lowest BCUT2D eigenvalue weighted by Crippen LogP contribution is -2.11. The van der Waals surface area contributed by atoms with Gasteiger partial charge in [-0.05, 0) is 62.1 Å². The Morgan fingerprint density at radius 2 is 1.52 bits per heavy atom. The molecule has 0 atom stereocenters. The Morgan fingerprint density at radius 3 is 2.24 bits per heavy atom. The third-order valence-electron chi connectivity index (χ3n) is 3.63. The molecule has 0 aliphatic carbocycles. The third-order valence-corrected chi connectivity index (χ3v) is 3.63. The summed E-state index contributed by atoms with van der Waals surface area (Å²) in [5.74, 6) is 1.66. The molecular weight excluding hydrogens is 262 g/mol. The molecule has 0 saturated heterocycles. The van der Waals surface area contributed by atoms with Gasteiger partial charge in [-0.25, -0.2) is 0 Å². The lowest BCUT2D eigenvalue weighted by molar-refractivity contribution is 0.216. The van der Waals surface area contributed by atoms with E-state index in [1.807, 2.05) is 25.1 Å². The molecule has 0 amide bonds. The Bertz CT molecular complexity index is 635. The van der Waals surface area contributed by atoms with E-state index in [-0.39, 0.29) is 0 Å². The van der Waals surface area contributed by atoms with E-state index in [0.29, 0.717) is 24.7 Å². The van der Waals surface area contributed by atoms with Gasteiger partial charge in [-0.3, -0.25) is 0 Å². The summed E-state index contributed by atoms with van der Waals surface area (Å²) in [6.07, 6.45) is 0. The van der Waals surface area contributed by atoms with E-state index >= 15 is 0 Å². The summed E-state index contributed by atoms with van der Waals surface area (Å²) >= 11 is 0. The van der Waals surface area contributed by atoms with Crippen molar-refractivity contribution in [2.24, 2.45) is 0 Å². The Labute approximate surface area is 126 Å². The second kappa shape index (κ2) is 6.53. The largest absolute Gasteiger partial charge is 0.489 e. The van der Waals surface area contributed by atoms with Crippen LogP contribution in [-0.2, 0) is 0 Å². The van der Waals surface area contributed by atoms with Crippen LogP contribution in [0.15, 0.2) is 30.3 Å². The molecule has 0 spiro atoms. The number of hydrogen-bond donors (Lipinski definition) is 1. The molecule has 112 valence electrons. The predicted molar refractivity (Wildman–Crippen MR) is 87.2 cm³/mol. The van der Waals surface area contributed by atoms with E-state index in [4.69, 9.17) is 15.2 Å². The van der Waals surface area contributed by atoms with Gasteiger partial charge in [0.2, 0.25) is 0 Å². The van der Waals surface area contributed by atoms with Gasteiger partial charge in [-0.1, -0.05) is 18.2 Å². The first-order chi connectivity index (χ1) is 9.99.